The van der Waals surface area contributed by atoms with Gasteiger partial charge in [-0.15, -0.1) is 0 Å². The van der Waals surface area contributed by atoms with Crippen molar-refractivity contribution in [1.82, 2.24) is 9.78 Å². The van der Waals surface area contributed by atoms with Gasteiger partial charge >= 0.3 is 0 Å². The van der Waals surface area contributed by atoms with Gasteiger partial charge in [0.1, 0.15) is 11.9 Å². The number of aromatic nitrogens is 2. The van der Waals surface area contributed by atoms with E-state index in [0.717, 1.165) is 34.8 Å². The third-order valence-electron chi connectivity index (χ3n) is 4.72. The number of benzene rings is 1. The zero-order valence-corrected chi connectivity index (χ0v) is 15.1. The molecule has 0 saturated heterocycles. The van der Waals surface area contributed by atoms with Gasteiger partial charge in [0.25, 0.3) is 0 Å². The predicted octanol–water partition coefficient (Wildman–Crippen LogP) is 3.09. The van der Waals surface area contributed by atoms with Gasteiger partial charge in [0, 0.05) is 19.2 Å². The molecule has 24 heavy (non-hydrogen) atoms. The highest BCUT2D eigenvalue weighted by atomic mass is 16.5. The Bertz CT molecular complexity index is 779. The van der Waals surface area contributed by atoms with Gasteiger partial charge in [-0.1, -0.05) is 6.07 Å². The third-order valence-corrected chi connectivity index (χ3v) is 4.72. The number of ether oxygens (including phenoxy) is 1. The molecule has 2 aromatic rings. The molecule has 1 atom stereocenters. The van der Waals surface area contributed by atoms with E-state index in [0.29, 0.717) is 13.0 Å². The summed E-state index contributed by atoms with van der Waals surface area (Å²) in [5.41, 5.74) is 5.33. The molecule has 0 bridgehead atoms. The Labute approximate surface area is 143 Å². The summed E-state index contributed by atoms with van der Waals surface area (Å²) in [5, 5.41) is 4.43. The molecule has 1 aromatic heterocycles. The molecule has 0 radical (unpaired) electrons. The summed E-state index contributed by atoms with van der Waals surface area (Å²) in [7, 11) is 1.94. The van der Waals surface area contributed by atoms with Crippen molar-refractivity contribution in [3.8, 4) is 5.75 Å². The fraction of sp³-hybridized carbons (Fsp3) is 0.474. The maximum Gasteiger partial charge on any atom is 0.227 e. The van der Waals surface area contributed by atoms with E-state index in [4.69, 9.17) is 4.74 Å². The first-order valence-corrected chi connectivity index (χ1v) is 8.43. The Morgan fingerprint density at radius 1 is 1.33 bits per heavy atom. The lowest BCUT2D eigenvalue weighted by atomic mass is 10.1. The molecule has 0 saturated carbocycles. The molecular weight excluding hydrogens is 302 g/mol. The van der Waals surface area contributed by atoms with Crippen LogP contribution in [0.3, 0.4) is 0 Å². The van der Waals surface area contributed by atoms with E-state index in [1.54, 1.807) is 0 Å². The highest BCUT2D eigenvalue weighted by molar-refractivity contribution is 5.95. The highest BCUT2D eigenvalue weighted by Crippen LogP contribution is 2.34. The number of rotatable bonds is 3. The SMILES string of the molecule is Cc1ccc2c(c1)O[C@@H](C)CN2C(=O)CCc1c(C)nn(C)c1C. The van der Waals surface area contributed by atoms with Crippen molar-refractivity contribution in [3.05, 3.63) is 40.7 Å². The van der Waals surface area contributed by atoms with Crippen LogP contribution in [0, 0.1) is 20.8 Å². The molecule has 0 spiro atoms. The lowest BCUT2D eigenvalue weighted by Crippen LogP contribution is -2.42. The summed E-state index contributed by atoms with van der Waals surface area (Å²) in [4.78, 5) is 14.7. The first-order chi connectivity index (χ1) is 11.4. The molecule has 1 aromatic carbocycles. The molecule has 1 amide bonds. The van der Waals surface area contributed by atoms with Gasteiger partial charge in [-0.05, 0) is 57.4 Å². The Morgan fingerprint density at radius 2 is 2.08 bits per heavy atom. The molecule has 2 heterocycles. The van der Waals surface area contributed by atoms with Crippen molar-refractivity contribution >= 4 is 11.6 Å². The average molecular weight is 327 g/mol. The van der Waals surface area contributed by atoms with Gasteiger partial charge in [0.15, 0.2) is 0 Å². The minimum atomic E-state index is 0.00474. The molecule has 0 fully saturated rings. The molecule has 0 N–H and O–H groups in total. The van der Waals surface area contributed by atoms with Crippen molar-refractivity contribution in [2.45, 2.75) is 46.6 Å². The fourth-order valence-corrected chi connectivity index (χ4v) is 3.33. The van der Waals surface area contributed by atoms with E-state index in [9.17, 15) is 4.79 Å². The van der Waals surface area contributed by atoms with Crippen LogP contribution in [-0.4, -0.2) is 28.3 Å². The van der Waals surface area contributed by atoms with E-state index >= 15 is 0 Å². The normalized spacial score (nSPS) is 16.7. The molecular formula is C19H25N3O2. The second-order valence-corrected chi connectivity index (χ2v) is 6.68. The molecule has 5 heteroatoms. The van der Waals surface area contributed by atoms with Gasteiger partial charge < -0.3 is 9.64 Å². The maximum absolute atomic E-state index is 12.8. The van der Waals surface area contributed by atoms with E-state index < -0.39 is 0 Å². The monoisotopic (exact) mass is 327 g/mol. The summed E-state index contributed by atoms with van der Waals surface area (Å²) >= 11 is 0. The Hall–Kier alpha value is -2.30. The van der Waals surface area contributed by atoms with Gasteiger partial charge in [0.2, 0.25) is 5.91 Å². The summed E-state index contributed by atoms with van der Waals surface area (Å²) < 4.78 is 7.77. The largest absolute Gasteiger partial charge is 0.487 e. The van der Waals surface area contributed by atoms with Crippen LogP contribution in [0.1, 0.15) is 35.9 Å². The number of carbonyl (C=O) groups excluding carboxylic acids is 1. The Morgan fingerprint density at radius 3 is 2.75 bits per heavy atom. The number of anilines is 1. The predicted molar refractivity (Wildman–Crippen MR) is 94.6 cm³/mol. The average Bonchev–Trinajstić information content (AvgIpc) is 2.76. The van der Waals surface area contributed by atoms with E-state index in [1.807, 2.05) is 55.6 Å². The standard InChI is InChI=1S/C19H25N3O2/c1-12-6-8-17-18(10-12)24-13(2)11-22(17)19(23)9-7-16-14(3)20-21(5)15(16)4/h6,8,10,13H,7,9,11H2,1-5H3/t13-/m0/s1. The molecule has 0 aliphatic carbocycles. The Kier molecular flexibility index (Phi) is 4.35. The summed E-state index contributed by atoms with van der Waals surface area (Å²) in [5.74, 6) is 0.939. The molecule has 0 unspecified atom stereocenters. The number of hydrogen-bond donors (Lipinski definition) is 0. The zero-order valence-electron chi connectivity index (χ0n) is 15.1. The summed E-state index contributed by atoms with van der Waals surface area (Å²) in [6.45, 7) is 8.68. The van der Waals surface area contributed by atoms with Gasteiger partial charge in [-0.25, -0.2) is 0 Å². The van der Waals surface area contributed by atoms with E-state index in [2.05, 4.69) is 12.0 Å². The van der Waals surface area contributed by atoms with Crippen LogP contribution in [0.5, 0.6) is 5.75 Å². The lowest BCUT2D eigenvalue weighted by Gasteiger charge is -2.33. The quantitative estimate of drug-likeness (QED) is 0.870. The van der Waals surface area contributed by atoms with Crippen molar-refractivity contribution < 1.29 is 9.53 Å². The number of carbonyl (C=O) groups is 1. The molecule has 128 valence electrons. The zero-order chi connectivity index (χ0) is 17.4. The topological polar surface area (TPSA) is 47.4 Å². The first kappa shape index (κ1) is 16.6. The molecule has 1 aliphatic rings. The number of hydrogen-bond acceptors (Lipinski definition) is 3. The minimum absolute atomic E-state index is 0.00474. The van der Waals surface area contributed by atoms with Crippen molar-refractivity contribution in [3.63, 3.8) is 0 Å². The van der Waals surface area contributed by atoms with Crippen molar-refractivity contribution in [2.75, 3.05) is 11.4 Å². The minimum Gasteiger partial charge on any atom is -0.487 e. The van der Waals surface area contributed by atoms with E-state index in [-0.39, 0.29) is 12.0 Å². The fourth-order valence-electron chi connectivity index (χ4n) is 3.33. The van der Waals surface area contributed by atoms with Crippen LogP contribution >= 0.6 is 0 Å². The number of fused-ring (bicyclic) bond motifs is 1. The van der Waals surface area contributed by atoms with Crippen molar-refractivity contribution in [2.24, 2.45) is 7.05 Å². The van der Waals surface area contributed by atoms with Crippen LogP contribution < -0.4 is 9.64 Å². The summed E-state index contributed by atoms with van der Waals surface area (Å²) in [6, 6.07) is 6.00. The van der Waals surface area contributed by atoms with Crippen LogP contribution in [0.25, 0.3) is 0 Å². The van der Waals surface area contributed by atoms with Crippen LogP contribution in [0.4, 0.5) is 5.69 Å². The van der Waals surface area contributed by atoms with E-state index in [1.165, 1.54) is 5.56 Å². The molecule has 5 nitrogen and oxygen atoms in total. The number of amides is 1. The van der Waals surface area contributed by atoms with Crippen molar-refractivity contribution in [1.29, 1.82) is 0 Å². The van der Waals surface area contributed by atoms with Crippen LogP contribution in [-0.2, 0) is 18.3 Å². The smallest absolute Gasteiger partial charge is 0.227 e. The van der Waals surface area contributed by atoms with Gasteiger partial charge in [0.05, 0.1) is 17.9 Å². The third kappa shape index (κ3) is 3.03. The molecule has 3 rings (SSSR count). The number of aryl methyl sites for hydroxylation is 3. The molecule has 1 aliphatic heterocycles. The second-order valence-electron chi connectivity index (χ2n) is 6.68. The maximum atomic E-state index is 12.8. The van der Waals surface area contributed by atoms with Crippen LogP contribution in [0.15, 0.2) is 18.2 Å². The van der Waals surface area contributed by atoms with Gasteiger partial charge in [-0.3, -0.25) is 9.48 Å². The Balaban J connectivity index is 1.78. The lowest BCUT2D eigenvalue weighted by molar-refractivity contribution is -0.119. The first-order valence-electron chi connectivity index (χ1n) is 8.43. The summed E-state index contributed by atoms with van der Waals surface area (Å²) in [6.07, 6.45) is 1.20. The van der Waals surface area contributed by atoms with Gasteiger partial charge in [-0.2, -0.15) is 5.10 Å². The van der Waals surface area contributed by atoms with Crippen LogP contribution in [0.2, 0.25) is 0 Å². The second kappa shape index (κ2) is 6.30. The highest BCUT2D eigenvalue weighted by Gasteiger charge is 2.27. The number of nitrogens with zero attached hydrogens (tertiary/aromatic N) is 3.